The quantitative estimate of drug-likeness (QED) is 0.391. The topological polar surface area (TPSA) is 47.4 Å². The molecule has 1 heterocycles. The molecule has 0 fully saturated rings. The van der Waals surface area contributed by atoms with Crippen LogP contribution < -0.4 is 4.74 Å². The van der Waals surface area contributed by atoms with Gasteiger partial charge in [-0.3, -0.25) is 4.79 Å². The Kier molecular flexibility index (Phi) is 6.26. The van der Waals surface area contributed by atoms with Gasteiger partial charge in [-0.2, -0.15) is 13.9 Å². The van der Waals surface area contributed by atoms with Gasteiger partial charge >= 0.3 is 6.61 Å². The molecule has 0 radical (unpaired) electrons. The van der Waals surface area contributed by atoms with Crippen molar-refractivity contribution in [2.45, 2.75) is 13.2 Å². The number of halogens is 2. The van der Waals surface area contributed by atoms with Gasteiger partial charge in [-0.05, 0) is 35.9 Å². The predicted molar refractivity (Wildman–Crippen MR) is 118 cm³/mol. The molecule has 4 rings (SSSR count). The molecule has 162 valence electrons. The average molecular weight is 433 g/mol. The Morgan fingerprint density at radius 2 is 1.59 bits per heavy atom. The lowest BCUT2D eigenvalue weighted by molar-refractivity contribution is -0.0498. The smallest absolute Gasteiger partial charge is 0.387 e. The first-order valence-corrected chi connectivity index (χ1v) is 10.0. The van der Waals surface area contributed by atoms with Crippen LogP contribution in [0.2, 0.25) is 0 Å². The third-order valence-corrected chi connectivity index (χ3v) is 4.91. The van der Waals surface area contributed by atoms with Crippen molar-refractivity contribution in [3.63, 3.8) is 0 Å². The van der Waals surface area contributed by atoms with Crippen LogP contribution in [0.25, 0.3) is 16.9 Å². The highest BCUT2D eigenvalue weighted by Gasteiger charge is 2.21. The summed E-state index contributed by atoms with van der Waals surface area (Å²) in [6, 6.07) is 27.1. The summed E-state index contributed by atoms with van der Waals surface area (Å²) in [5.74, 6) is -0.135. The summed E-state index contributed by atoms with van der Waals surface area (Å²) in [6.45, 7) is -2.57. The van der Waals surface area contributed by atoms with E-state index < -0.39 is 6.61 Å². The van der Waals surface area contributed by atoms with Crippen LogP contribution in [0.3, 0.4) is 0 Å². The molecule has 0 spiro atoms. The Balaban J connectivity index is 1.61. The first-order chi connectivity index (χ1) is 15.5. The number of para-hydroxylation sites is 1. The Labute approximate surface area is 184 Å². The summed E-state index contributed by atoms with van der Waals surface area (Å²) in [4.78, 5) is 14.9. The molecule has 0 atom stereocenters. The summed E-state index contributed by atoms with van der Waals surface area (Å²) in [7, 11) is 1.69. The van der Waals surface area contributed by atoms with Crippen LogP contribution in [0.15, 0.2) is 91.0 Å². The highest BCUT2D eigenvalue weighted by Crippen LogP contribution is 2.23. The Morgan fingerprint density at radius 1 is 0.969 bits per heavy atom. The number of alkyl halides is 2. The molecule has 0 aliphatic heterocycles. The van der Waals surface area contributed by atoms with Gasteiger partial charge in [0.25, 0.3) is 5.91 Å². The number of aromatic nitrogens is 2. The van der Waals surface area contributed by atoms with Gasteiger partial charge in [-0.1, -0.05) is 60.7 Å². The lowest BCUT2D eigenvalue weighted by atomic mass is 10.1. The summed E-state index contributed by atoms with van der Waals surface area (Å²) < 4.78 is 30.7. The molecule has 4 aromatic rings. The summed E-state index contributed by atoms with van der Waals surface area (Å²) in [5.41, 5.74) is 3.60. The Hall–Kier alpha value is -4.00. The van der Waals surface area contributed by atoms with Gasteiger partial charge < -0.3 is 9.64 Å². The van der Waals surface area contributed by atoms with Gasteiger partial charge in [0.2, 0.25) is 0 Å². The van der Waals surface area contributed by atoms with E-state index in [0.29, 0.717) is 17.9 Å². The van der Waals surface area contributed by atoms with Gasteiger partial charge in [0.05, 0.1) is 11.4 Å². The van der Waals surface area contributed by atoms with E-state index in [2.05, 4.69) is 9.84 Å². The third kappa shape index (κ3) is 4.83. The molecule has 1 amide bonds. The fourth-order valence-corrected chi connectivity index (χ4v) is 3.37. The predicted octanol–water partition coefficient (Wildman–Crippen LogP) is 5.41. The maximum Gasteiger partial charge on any atom is 0.387 e. The first-order valence-electron chi connectivity index (χ1n) is 10.0. The standard InChI is InChI=1S/C25H21F2N3O2/c1-29(17-18-12-14-21(15-13-18)32-25(26)27)24(31)23-16-22(19-8-4-2-5-9-19)28-30(23)20-10-6-3-7-11-20/h2-16,25H,17H2,1H3. The molecular formula is C25H21F2N3O2. The van der Waals surface area contributed by atoms with Crippen LogP contribution in [0, 0.1) is 0 Å². The zero-order valence-corrected chi connectivity index (χ0v) is 17.4. The van der Waals surface area contributed by atoms with Gasteiger partial charge in [0.15, 0.2) is 0 Å². The minimum Gasteiger partial charge on any atom is -0.435 e. The monoisotopic (exact) mass is 433 g/mol. The second-order valence-corrected chi connectivity index (χ2v) is 7.21. The molecular weight excluding hydrogens is 412 g/mol. The van der Waals surface area contributed by atoms with Crippen molar-refractivity contribution >= 4 is 5.91 Å². The molecule has 0 saturated carbocycles. The number of benzene rings is 3. The summed E-state index contributed by atoms with van der Waals surface area (Å²) in [6.07, 6.45) is 0. The van der Waals surface area contributed by atoms with Crippen molar-refractivity contribution < 1.29 is 18.3 Å². The molecule has 7 heteroatoms. The highest BCUT2D eigenvalue weighted by atomic mass is 19.3. The van der Waals surface area contributed by atoms with E-state index in [4.69, 9.17) is 0 Å². The molecule has 1 aromatic heterocycles. The van der Waals surface area contributed by atoms with Crippen LogP contribution in [0.5, 0.6) is 5.75 Å². The second kappa shape index (κ2) is 9.43. The third-order valence-electron chi connectivity index (χ3n) is 4.91. The number of hydrogen-bond donors (Lipinski definition) is 0. The minimum absolute atomic E-state index is 0.0763. The Bertz CT molecular complexity index is 1180. The van der Waals surface area contributed by atoms with Gasteiger partial charge in [-0.25, -0.2) is 4.68 Å². The van der Waals surface area contributed by atoms with E-state index in [0.717, 1.165) is 16.8 Å². The fraction of sp³-hybridized carbons (Fsp3) is 0.120. The van der Waals surface area contributed by atoms with E-state index in [1.165, 1.54) is 12.1 Å². The molecule has 3 aromatic carbocycles. The molecule has 0 N–H and O–H groups in total. The molecule has 0 aliphatic rings. The summed E-state index contributed by atoms with van der Waals surface area (Å²) >= 11 is 0. The number of ether oxygens (including phenoxy) is 1. The van der Waals surface area contributed by atoms with Crippen LogP contribution in [0.1, 0.15) is 16.1 Å². The van der Waals surface area contributed by atoms with E-state index in [1.807, 2.05) is 60.7 Å². The van der Waals surface area contributed by atoms with Gasteiger partial charge in [0.1, 0.15) is 11.4 Å². The largest absolute Gasteiger partial charge is 0.435 e. The SMILES string of the molecule is CN(Cc1ccc(OC(F)F)cc1)C(=O)c1cc(-c2ccccc2)nn1-c1ccccc1. The van der Waals surface area contributed by atoms with Crippen LogP contribution in [-0.2, 0) is 6.54 Å². The van der Waals surface area contributed by atoms with Crippen LogP contribution in [-0.4, -0.2) is 34.2 Å². The number of hydrogen-bond acceptors (Lipinski definition) is 3. The number of rotatable bonds is 7. The maximum absolute atomic E-state index is 13.3. The molecule has 32 heavy (non-hydrogen) atoms. The molecule has 0 unspecified atom stereocenters. The minimum atomic E-state index is -2.87. The van der Waals surface area contributed by atoms with E-state index in [-0.39, 0.29) is 11.7 Å². The average Bonchev–Trinajstić information content (AvgIpc) is 3.26. The van der Waals surface area contributed by atoms with E-state index >= 15 is 0 Å². The van der Waals surface area contributed by atoms with Gasteiger partial charge in [0, 0.05) is 19.2 Å². The van der Waals surface area contributed by atoms with Crippen molar-refractivity contribution in [1.82, 2.24) is 14.7 Å². The van der Waals surface area contributed by atoms with E-state index in [1.54, 1.807) is 34.8 Å². The molecule has 0 saturated heterocycles. The lowest BCUT2D eigenvalue weighted by Crippen LogP contribution is -2.28. The zero-order chi connectivity index (χ0) is 22.5. The highest BCUT2D eigenvalue weighted by molar-refractivity contribution is 5.94. The van der Waals surface area contributed by atoms with Crippen molar-refractivity contribution in [2.75, 3.05) is 7.05 Å². The second-order valence-electron chi connectivity index (χ2n) is 7.21. The fourth-order valence-electron chi connectivity index (χ4n) is 3.37. The number of carbonyl (C=O) groups is 1. The zero-order valence-electron chi connectivity index (χ0n) is 17.4. The van der Waals surface area contributed by atoms with Crippen molar-refractivity contribution in [2.24, 2.45) is 0 Å². The van der Waals surface area contributed by atoms with Crippen LogP contribution >= 0.6 is 0 Å². The molecule has 0 aliphatic carbocycles. The molecule has 5 nitrogen and oxygen atoms in total. The van der Waals surface area contributed by atoms with Crippen molar-refractivity contribution in [3.05, 3.63) is 102 Å². The Morgan fingerprint density at radius 3 is 2.22 bits per heavy atom. The van der Waals surface area contributed by atoms with Crippen molar-refractivity contribution in [1.29, 1.82) is 0 Å². The number of nitrogens with zero attached hydrogens (tertiary/aromatic N) is 3. The van der Waals surface area contributed by atoms with Crippen LogP contribution in [0.4, 0.5) is 8.78 Å². The molecule has 0 bridgehead atoms. The number of amides is 1. The maximum atomic E-state index is 13.3. The number of carbonyl (C=O) groups excluding carboxylic acids is 1. The van der Waals surface area contributed by atoms with Gasteiger partial charge in [-0.15, -0.1) is 0 Å². The van der Waals surface area contributed by atoms with Crippen molar-refractivity contribution in [3.8, 4) is 22.7 Å². The summed E-state index contributed by atoms with van der Waals surface area (Å²) in [5, 5.41) is 4.68. The first kappa shape index (κ1) is 21.2. The van der Waals surface area contributed by atoms with E-state index in [9.17, 15) is 13.6 Å². The normalized spacial score (nSPS) is 10.9. The lowest BCUT2D eigenvalue weighted by Gasteiger charge is -2.18.